The molecule has 0 amide bonds. The Balaban J connectivity index is 0.00000169. The zero-order chi connectivity index (χ0) is 9.84. The summed E-state index contributed by atoms with van der Waals surface area (Å²) in [7, 11) is 1.20. The number of carboxylic acid groups (broad SMARTS) is 1. The number of hydrogen-bond acceptors (Lipinski definition) is 7. The molecule has 70 valence electrons. The third kappa shape index (κ3) is 3.02. The van der Waals surface area contributed by atoms with Crippen molar-refractivity contribution < 1.29 is 48.7 Å². The summed E-state index contributed by atoms with van der Waals surface area (Å²) in [6, 6.07) is -0.153. The van der Waals surface area contributed by atoms with Gasteiger partial charge in [-0.15, -0.1) is 0 Å². The van der Waals surface area contributed by atoms with Gasteiger partial charge in [0.05, 0.1) is 5.97 Å². The molecule has 0 spiro atoms. The maximum absolute atomic E-state index is 10.5. The Kier molecular flexibility index (Phi) is 5.21. The molecule has 0 saturated carbocycles. The fourth-order valence-electron chi connectivity index (χ4n) is 0.676. The number of aromatic nitrogens is 1. The normalized spacial score (nSPS) is 10.5. The molecule has 1 rings (SSSR count). The molecule has 0 unspecified atom stereocenters. The Labute approximate surface area is 101 Å². The number of nitrogen functional groups attached to an aromatic ring is 1. The maximum atomic E-state index is 10.5. The minimum absolute atomic E-state index is 0. The molecule has 0 saturated heterocycles. The molecule has 0 aliphatic heterocycles. The molecule has 7 nitrogen and oxygen atoms in total. The molecule has 0 bridgehead atoms. The Morgan fingerprint density at radius 2 is 2.43 bits per heavy atom. The van der Waals surface area contributed by atoms with E-state index in [9.17, 15) is 9.90 Å². The fraction of sp³-hybridized carbons (Fsp3) is 0.167. The first kappa shape index (κ1) is 12.9. The van der Waals surface area contributed by atoms with Crippen molar-refractivity contribution in [2.24, 2.45) is 5.16 Å². The Bertz CT molecular complexity index is 349. The number of hydrogen-bond donors (Lipinski definition) is 1. The predicted molar refractivity (Wildman–Crippen MR) is 39.5 cm³/mol. The molecule has 1 aromatic rings. The van der Waals surface area contributed by atoms with Gasteiger partial charge in [0.1, 0.15) is 19.1 Å². The van der Waals surface area contributed by atoms with Gasteiger partial charge in [0.2, 0.25) is 0 Å². The molecule has 2 N–H and O–H groups in total. The molecule has 14 heavy (non-hydrogen) atoms. The first-order valence-electron chi connectivity index (χ1n) is 3.19. The SMILES string of the molecule is CO/N=C(\C(=O)[O-])c1coc(N)n1.[Na+]. The van der Waals surface area contributed by atoms with E-state index >= 15 is 0 Å². The van der Waals surface area contributed by atoms with E-state index in [-0.39, 0.29) is 41.3 Å². The summed E-state index contributed by atoms with van der Waals surface area (Å²) in [6.07, 6.45) is 1.04. The van der Waals surface area contributed by atoms with Gasteiger partial charge in [0.25, 0.3) is 6.01 Å². The second-order valence-corrected chi connectivity index (χ2v) is 1.98. The van der Waals surface area contributed by atoms with Gasteiger partial charge in [-0.1, -0.05) is 5.16 Å². The summed E-state index contributed by atoms with van der Waals surface area (Å²) in [5.41, 5.74) is 4.61. The van der Waals surface area contributed by atoms with Gasteiger partial charge in [-0.2, -0.15) is 4.98 Å². The fourth-order valence-corrected chi connectivity index (χ4v) is 0.676. The smallest absolute Gasteiger partial charge is 0.543 e. The van der Waals surface area contributed by atoms with Crippen molar-refractivity contribution in [3.63, 3.8) is 0 Å². The van der Waals surface area contributed by atoms with Crippen LogP contribution in [-0.2, 0) is 9.63 Å². The van der Waals surface area contributed by atoms with Gasteiger partial charge >= 0.3 is 29.6 Å². The number of aliphatic carboxylic acids is 1. The Morgan fingerprint density at radius 3 is 2.79 bits per heavy atom. The third-order valence-electron chi connectivity index (χ3n) is 1.14. The van der Waals surface area contributed by atoms with Crippen LogP contribution in [0.25, 0.3) is 0 Å². The van der Waals surface area contributed by atoms with Gasteiger partial charge in [-0.3, -0.25) is 0 Å². The van der Waals surface area contributed by atoms with Gasteiger partial charge in [-0.25, -0.2) is 0 Å². The number of nitrogens with two attached hydrogens (primary N) is 1. The van der Waals surface area contributed by atoms with Crippen LogP contribution in [0, 0.1) is 0 Å². The van der Waals surface area contributed by atoms with Crippen LogP contribution in [0.2, 0.25) is 0 Å². The largest absolute Gasteiger partial charge is 1.00 e. The monoisotopic (exact) mass is 207 g/mol. The zero-order valence-corrected chi connectivity index (χ0v) is 9.68. The van der Waals surface area contributed by atoms with Crippen LogP contribution in [0.1, 0.15) is 5.69 Å². The summed E-state index contributed by atoms with van der Waals surface area (Å²) in [5, 5.41) is 13.6. The number of rotatable bonds is 3. The second kappa shape index (κ2) is 5.63. The molecule has 0 aliphatic rings. The average Bonchev–Trinajstić information content (AvgIpc) is 2.46. The first-order valence-corrected chi connectivity index (χ1v) is 3.19. The second-order valence-electron chi connectivity index (χ2n) is 1.98. The van der Waals surface area contributed by atoms with Crippen molar-refractivity contribution in [2.75, 3.05) is 12.8 Å². The van der Waals surface area contributed by atoms with E-state index in [1.54, 1.807) is 0 Å². The topological polar surface area (TPSA) is 114 Å². The maximum Gasteiger partial charge on any atom is 1.00 e. The molecule has 1 aromatic heterocycles. The van der Waals surface area contributed by atoms with Crippen molar-refractivity contribution in [3.8, 4) is 0 Å². The summed E-state index contributed by atoms with van der Waals surface area (Å²) >= 11 is 0. The number of carbonyl (C=O) groups excluding carboxylic acids is 1. The van der Waals surface area contributed by atoms with Crippen molar-refractivity contribution in [1.82, 2.24) is 4.98 Å². The van der Waals surface area contributed by atoms with E-state index in [2.05, 4.69) is 19.4 Å². The van der Waals surface area contributed by atoms with E-state index in [4.69, 9.17) is 5.73 Å². The number of nitrogens with zero attached hydrogens (tertiary/aromatic N) is 2. The summed E-state index contributed by atoms with van der Waals surface area (Å²) in [6.45, 7) is 0. The summed E-state index contributed by atoms with van der Waals surface area (Å²) in [5.74, 6) is -1.52. The van der Waals surface area contributed by atoms with Crippen LogP contribution in [0.4, 0.5) is 6.01 Å². The number of carbonyl (C=O) groups is 1. The third-order valence-corrected chi connectivity index (χ3v) is 1.14. The molecule has 0 aromatic carbocycles. The predicted octanol–water partition coefficient (Wildman–Crippen LogP) is -4.64. The van der Waals surface area contributed by atoms with Gasteiger partial charge < -0.3 is 24.9 Å². The van der Waals surface area contributed by atoms with Crippen LogP contribution >= 0.6 is 0 Å². The Hall–Kier alpha value is -1.05. The van der Waals surface area contributed by atoms with Crippen LogP contribution in [0.15, 0.2) is 15.8 Å². The van der Waals surface area contributed by atoms with E-state index in [1.165, 1.54) is 7.11 Å². The van der Waals surface area contributed by atoms with E-state index in [1.807, 2.05) is 0 Å². The number of anilines is 1. The Morgan fingerprint density at radius 1 is 1.79 bits per heavy atom. The van der Waals surface area contributed by atoms with E-state index in [0.717, 1.165) is 6.26 Å². The van der Waals surface area contributed by atoms with Crippen LogP contribution in [0.3, 0.4) is 0 Å². The van der Waals surface area contributed by atoms with E-state index < -0.39 is 11.7 Å². The quantitative estimate of drug-likeness (QED) is 0.303. The van der Waals surface area contributed by atoms with Gasteiger partial charge in [0, 0.05) is 0 Å². The molecule has 0 radical (unpaired) electrons. The standard InChI is InChI=1S/C6H7N3O4.Na/c1-12-9-4(5(10)11)3-2-13-6(7)8-3;/h2H,1H3,(H2,7,8)(H,10,11);/q;+1/p-1/b9-4-;. The van der Waals surface area contributed by atoms with E-state index in [0.29, 0.717) is 0 Å². The number of oxazole rings is 1. The molecular formula is C6H6N3NaO4. The van der Waals surface area contributed by atoms with Crippen LogP contribution < -0.4 is 40.4 Å². The molecule has 8 heteroatoms. The molecule has 1 heterocycles. The minimum Gasteiger partial charge on any atom is -0.543 e. The molecule has 0 fully saturated rings. The van der Waals surface area contributed by atoms with Crippen molar-refractivity contribution in [3.05, 3.63) is 12.0 Å². The number of carboxylic acids is 1. The van der Waals surface area contributed by atoms with Gasteiger partial charge in [-0.05, 0) is 0 Å². The molecule has 0 atom stereocenters. The summed E-state index contributed by atoms with van der Waals surface area (Å²) in [4.78, 5) is 18.3. The van der Waals surface area contributed by atoms with Crippen LogP contribution in [-0.4, -0.2) is 23.8 Å². The van der Waals surface area contributed by atoms with Crippen molar-refractivity contribution >= 4 is 17.7 Å². The van der Waals surface area contributed by atoms with Crippen molar-refractivity contribution in [2.45, 2.75) is 0 Å². The zero-order valence-electron chi connectivity index (χ0n) is 7.68. The number of oxime groups is 1. The molecular weight excluding hydrogens is 201 g/mol. The summed E-state index contributed by atoms with van der Waals surface area (Å²) < 4.78 is 4.58. The van der Waals surface area contributed by atoms with Crippen LogP contribution in [0.5, 0.6) is 0 Å². The first-order chi connectivity index (χ1) is 6.15. The van der Waals surface area contributed by atoms with Gasteiger partial charge in [0.15, 0.2) is 5.71 Å². The average molecular weight is 207 g/mol. The van der Waals surface area contributed by atoms with Crippen molar-refractivity contribution in [1.29, 1.82) is 0 Å². The molecule has 0 aliphatic carbocycles. The minimum atomic E-state index is -1.52.